The van der Waals surface area contributed by atoms with Crippen molar-refractivity contribution in [1.29, 1.82) is 0 Å². The van der Waals surface area contributed by atoms with Crippen molar-refractivity contribution in [3.63, 3.8) is 0 Å². The lowest BCUT2D eigenvalue weighted by atomic mass is 10.1. The largest absolute Gasteiger partial charge is 0.213 e. The number of nitrogens with zero attached hydrogens (tertiary/aromatic N) is 3. The standard InChI is InChI=1S/C16H13Cl2N3/c1-11-3-2-4-14(9-11)21-16(15(10-17)19-20-21)12-5-7-13(18)8-6-12/h2-9H,10H2,1H3. The predicted octanol–water partition coefficient (Wildman–Crippen LogP) is 4.63. The van der Waals surface area contributed by atoms with Gasteiger partial charge in [0, 0.05) is 10.6 Å². The number of hydrogen-bond donors (Lipinski definition) is 0. The van der Waals surface area contributed by atoms with Crippen LogP contribution < -0.4 is 0 Å². The molecule has 0 atom stereocenters. The van der Waals surface area contributed by atoms with Gasteiger partial charge in [0.2, 0.25) is 0 Å². The lowest BCUT2D eigenvalue weighted by Crippen LogP contribution is -2.00. The summed E-state index contributed by atoms with van der Waals surface area (Å²) in [5.74, 6) is 0.309. The summed E-state index contributed by atoms with van der Waals surface area (Å²) >= 11 is 12.0. The van der Waals surface area contributed by atoms with Gasteiger partial charge in [-0.2, -0.15) is 0 Å². The first kappa shape index (κ1) is 14.1. The highest BCUT2D eigenvalue weighted by atomic mass is 35.5. The lowest BCUT2D eigenvalue weighted by molar-refractivity contribution is 0.803. The Bertz CT molecular complexity index is 763. The van der Waals surface area contributed by atoms with E-state index in [0.717, 1.165) is 28.2 Å². The summed E-state index contributed by atoms with van der Waals surface area (Å²) in [4.78, 5) is 0. The summed E-state index contributed by atoms with van der Waals surface area (Å²) < 4.78 is 1.81. The molecule has 3 nitrogen and oxygen atoms in total. The molecule has 0 unspecified atom stereocenters. The van der Waals surface area contributed by atoms with Crippen LogP contribution in [-0.4, -0.2) is 15.0 Å². The van der Waals surface area contributed by atoms with E-state index in [-0.39, 0.29) is 0 Å². The zero-order valence-electron chi connectivity index (χ0n) is 11.4. The molecule has 0 N–H and O–H groups in total. The quantitative estimate of drug-likeness (QED) is 0.659. The van der Waals surface area contributed by atoms with Crippen LogP contribution in [-0.2, 0) is 5.88 Å². The number of rotatable bonds is 3. The van der Waals surface area contributed by atoms with E-state index >= 15 is 0 Å². The van der Waals surface area contributed by atoms with Gasteiger partial charge in [-0.3, -0.25) is 0 Å². The molecule has 0 bridgehead atoms. The van der Waals surface area contributed by atoms with Crippen LogP contribution in [0.1, 0.15) is 11.3 Å². The molecule has 3 aromatic rings. The number of hydrogen-bond acceptors (Lipinski definition) is 2. The molecule has 0 aliphatic rings. The first-order chi connectivity index (χ1) is 10.2. The van der Waals surface area contributed by atoms with Crippen molar-refractivity contribution in [3.8, 4) is 16.9 Å². The van der Waals surface area contributed by atoms with Crippen molar-refractivity contribution in [2.75, 3.05) is 0 Å². The number of aromatic nitrogens is 3. The normalized spacial score (nSPS) is 10.8. The Kier molecular flexibility index (Phi) is 3.95. The van der Waals surface area contributed by atoms with E-state index in [4.69, 9.17) is 23.2 Å². The van der Waals surface area contributed by atoms with Crippen molar-refractivity contribution < 1.29 is 0 Å². The third-order valence-corrected chi connectivity index (χ3v) is 3.74. The SMILES string of the molecule is Cc1cccc(-n2nnc(CCl)c2-c2ccc(Cl)cc2)c1. The van der Waals surface area contributed by atoms with Gasteiger partial charge < -0.3 is 0 Å². The first-order valence-electron chi connectivity index (χ1n) is 6.52. The number of aryl methyl sites for hydroxylation is 1. The van der Waals surface area contributed by atoms with Gasteiger partial charge in [0.25, 0.3) is 0 Å². The van der Waals surface area contributed by atoms with Crippen molar-refractivity contribution in [1.82, 2.24) is 15.0 Å². The minimum Gasteiger partial charge on any atom is -0.213 e. The van der Waals surface area contributed by atoms with Crippen molar-refractivity contribution in [3.05, 3.63) is 64.8 Å². The highest BCUT2D eigenvalue weighted by Gasteiger charge is 2.15. The molecule has 2 aromatic carbocycles. The molecular weight excluding hydrogens is 305 g/mol. The second-order valence-corrected chi connectivity index (χ2v) is 5.48. The van der Waals surface area contributed by atoms with Gasteiger partial charge in [0.1, 0.15) is 5.69 Å². The Labute approximate surface area is 133 Å². The van der Waals surface area contributed by atoms with Gasteiger partial charge in [-0.15, -0.1) is 16.7 Å². The molecule has 0 aliphatic heterocycles. The molecule has 5 heteroatoms. The monoisotopic (exact) mass is 317 g/mol. The van der Waals surface area contributed by atoms with E-state index in [1.807, 2.05) is 54.1 Å². The summed E-state index contributed by atoms with van der Waals surface area (Å²) in [6.07, 6.45) is 0. The second kappa shape index (κ2) is 5.88. The van der Waals surface area contributed by atoms with Crippen molar-refractivity contribution in [2.24, 2.45) is 0 Å². The predicted molar refractivity (Wildman–Crippen MR) is 86.1 cm³/mol. The van der Waals surface area contributed by atoms with E-state index in [9.17, 15) is 0 Å². The fourth-order valence-corrected chi connectivity index (χ4v) is 2.55. The van der Waals surface area contributed by atoms with Gasteiger partial charge in [-0.1, -0.05) is 41.1 Å². The van der Waals surface area contributed by atoms with Gasteiger partial charge in [-0.25, -0.2) is 4.68 Å². The fraction of sp³-hybridized carbons (Fsp3) is 0.125. The third kappa shape index (κ3) is 2.80. The van der Waals surface area contributed by atoms with Crippen LogP contribution in [0, 0.1) is 6.92 Å². The smallest absolute Gasteiger partial charge is 0.106 e. The molecule has 3 rings (SSSR count). The van der Waals surface area contributed by atoms with E-state index in [0.29, 0.717) is 10.9 Å². The highest BCUT2D eigenvalue weighted by molar-refractivity contribution is 6.30. The van der Waals surface area contributed by atoms with Crippen LogP contribution in [0.4, 0.5) is 0 Å². The maximum Gasteiger partial charge on any atom is 0.106 e. The average Bonchev–Trinajstić information content (AvgIpc) is 2.92. The summed E-state index contributed by atoms with van der Waals surface area (Å²) in [7, 11) is 0. The van der Waals surface area contributed by atoms with Crippen LogP contribution in [0.25, 0.3) is 16.9 Å². The molecule has 106 valence electrons. The number of benzene rings is 2. The van der Waals surface area contributed by atoms with Gasteiger partial charge in [0.15, 0.2) is 0 Å². The Balaban J connectivity index is 2.19. The van der Waals surface area contributed by atoms with Gasteiger partial charge >= 0.3 is 0 Å². The maximum atomic E-state index is 6.00. The zero-order valence-corrected chi connectivity index (χ0v) is 12.9. The lowest BCUT2D eigenvalue weighted by Gasteiger charge is -2.08. The molecular formula is C16H13Cl2N3. The summed E-state index contributed by atoms with van der Waals surface area (Å²) in [5, 5.41) is 9.13. The van der Waals surface area contributed by atoms with Crippen LogP contribution in [0.3, 0.4) is 0 Å². The van der Waals surface area contributed by atoms with E-state index in [1.54, 1.807) is 0 Å². The van der Waals surface area contributed by atoms with Gasteiger partial charge in [0.05, 0.1) is 17.3 Å². The topological polar surface area (TPSA) is 30.7 Å². The average molecular weight is 318 g/mol. The molecule has 0 radical (unpaired) electrons. The molecule has 21 heavy (non-hydrogen) atoms. The molecule has 0 amide bonds. The molecule has 0 saturated heterocycles. The second-order valence-electron chi connectivity index (χ2n) is 4.78. The molecule has 0 fully saturated rings. The van der Waals surface area contributed by atoms with Crippen molar-refractivity contribution in [2.45, 2.75) is 12.8 Å². The van der Waals surface area contributed by atoms with E-state index < -0.39 is 0 Å². The Morgan fingerprint density at radius 2 is 1.86 bits per heavy atom. The molecule has 0 saturated carbocycles. The minimum atomic E-state index is 0.309. The summed E-state index contributed by atoms with van der Waals surface area (Å²) in [6, 6.07) is 15.7. The molecule has 0 aliphatic carbocycles. The van der Waals surface area contributed by atoms with Crippen LogP contribution in [0.15, 0.2) is 48.5 Å². The van der Waals surface area contributed by atoms with E-state index in [2.05, 4.69) is 16.4 Å². The van der Waals surface area contributed by atoms with Crippen LogP contribution in [0.2, 0.25) is 5.02 Å². The zero-order chi connectivity index (χ0) is 14.8. The van der Waals surface area contributed by atoms with Crippen molar-refractivity contribution >= 4 is 23.2 Å². The van der Waals surface area contributed by atoms with E-state index in [1.165, 1.54) is 0 Å². The highest BCUT2D eigenvalue weighted by Crippen LogP contribution is 2.27. The fourth-order valence-electron chi connectivity index (χ4n) is 2.24. The number of halogens is 2. The van der Waals surface area contributed by atoms with Crippen LogP contribution in [0.5, 0.6) is 0 Å². The Morgan fingerprint density at radius 1 is 1.10 bits per heavy atom. The third-order valence-electron chi connectivity index (χ3n) is 3.23. The van der Waals surface area contributed by atoms with Gasteiger partial charge in [-0.05, 0) is 36.8 Å². The molecule has 1 aromatic heterocycles. The Hall–Kier alpha value is -1.84. The minimum absolute atomic E-state index is 0.309. The molecule has 0 spiro atoms. The molecule has 1 heterocycles. The summed E-state index contributed by atoms with van der Waals surface area (Å²) in [5.41, 5.74) is 4.76. The maximum absolute atomic E-state index is 6.00. The number of alkyl halides is 1. The summed E-state index contributed by atoms with van der Waals surface area (Å²) in [6.45, 7) is 2.05. The first-order valence-corrected chi connectivity index (χ1v) is 7.44. The Morgan fingerprint density at radius 3 is 2.52 bits per heavy atom. The van der Waals surface area contributed by atoms with Crippen LogP contribution >= 0.6 is 23.2 Å².